The quantitative estimate of drug-likeness (QED) is 0.470. The van der Waals surface area contributed by atoms with Crippen LogP contribution in [0, 0.1) is 0 Å². The Morgan fingerprint density at radius 3 is 2.00 bits per heavy atom. The van der Waals surface area contributed by atoms with Gasteiger partial charge in [0.25, 0.3) is 0 Å². The predicted molar refractivity (Wildman–Crippen MR) is 59.4 cm³/mol. The molecule has 0 bridgehead atoms. The minimum Gasteiger partial charge on any atom is -0.377 e. The Labute approximate surface area is 88.3 Å². The first-order valence-corrected chi connectivity index (χ1v) is 7.04. The number of hydrogen-bond acceptors (Lipinski definition) is 4. The molecule has 5 heteroatoms. The Morgan fingerprint density at radius 1 is 1.00 bits per heavy atom. The summed E-state index contributed by atoms with van der Waals surface area (Å²) in [7, 11) is 2.66. The molecule has 4 nitrogen and oxygen atoms in total. The zero-order valence-corrected chi connectivity index (χ0v) is 10.8. The highest BCUT2D eigenvalue weighted by Crippen LogP contribution is 2.15. The van der Waals surface area contributed by atoms with Gasteiger partial charge in [-0.3, -0.25) is 0 Å². The van der Waals surface area contributed by atoms with Crippen molar-refractivity contribution in [2.45, 2.75) is 25.8 Å². The lowest BCUT2D eigenvalue weighted by Crippen LogP contribution is -2.42. The van der Waals surface area contributed by atoms with Gasteiger partial charge in [0.15, 0.2) is 0 Å². The second-order valence-corrected chi connectivity index (χ2v) is 6.20. The zero-order chi connectivity index (χ0) is 10.9. The summed E-state index contributed by atoms with van der Waals surface area (Å²) in [4.78, 5) is 0. The van der Waals surface area contributed by atoms with E-state index in [0.717, 1.165) is 32.0 Å². The van der Waals surface area contributed by atoms with Crippen molar-refractivity contribution >= 4 is 8.80 Å². The van der Waals surface area contributed by atoms with E-state index in [0.29, 0.717) is 0 Å². The standard InChI is InChI=1S/C9H23NO3Si/c1-5-10-8-6-7-9-14(11-2,12-3)13-4/h10H,5-9H2,1-4H3. The van der Waals surface area contributed by atoms with Gasteiger partial charge in [0.1, 0.15) is 0 Å². The molecule has 0 unspecified atom stereocenters. The summed E-state index contributed by atoms with van der Waals surface area (Å²) < 4.78 is 16.0. The summed E-state index contributed by atoms with van der Waals surface area (Å²) in [5.41, 5.74) is 0. The van der Waals surface area contributed by atoms with Crippen LogP contribution in [0.25, 0.3) is 0 Å². The molecule has 0 aliphatic rings. The van der Waals surface area contributed by atoms with E-state index in [4.69, 9.17) is 13.3 Å². The van der Waals surface area contributed by atoms with E-state index in [1.807, 2.05) is 0 Å². The van der Waals surface area contributed by atoms with Crippen LogP contribution in [-0.2, 0) is 13.3 Å². The number of unbranched alkanes of at least 4 members (excludes halogenated alkanes) is 1. The first-order chi connectivity index (χ1) is 6.74. The van der Waals surface area contributed by atoms with E-state index in [-0.39, 0.29) is 0 Å². The van der Waals surface area contributed by atoms with Crippen LogP contribution in [0.15, 0.2) is 0 Å². The van der Waals surface area contributed by atoms with Crippen molar-refractivity contribution in [3.8, 4) is 0 Å². The highest BCUT2D eigenvalue weighted by Gasteiger charge is 2.36. The first-order valence-electron chi connectivity index (χ1n) is 5.10. The molecular weight excluding hydrogens is 198 g/mol. The molecule has 0 spiro atoms. The van der Waals surface area contributed by atoms with Gasteiger partial charge in [-0.15, -0.1) is 0 Å². The lowest BCUT2D eigenvalue weighted by Gasteiger charge is -2.24. The van der Waals surface area contributed by atoms with Gasteiger partial charge in [0, 0.05) is 27.4 Å². The lowest BCUT2D eigenvalue weighted by atomic mass is 10.3. The molecule has 0 heterocycles. The van der Waals surface area contributed by atoms with Crippen LogP contribution in [0.4, 0.5) is 0 Å². The third kappa shape index (κ3) is 5.07. The minimum atomic E-state index is -2.31. The monoisotopic (exact) mass is 221 g/mol. The van der Waals surface area contributed by atoms with Crippen molar-refractivity contribution in [3.63, 3.8) is 0 Å². The molecule has 0 rings (SSSR count). The van der Waals surface area contributed by atoms with Crippen molar-refractivity contribution in [2.75, 3.05) is 34.4 Å². The summed E-state index contributed by atoms with van der Waals surface area (Å²) in [6.45, 7) is 4.19. The average molecular weight is 221 g/mol. The predicted octanol–water partition coefficient (Wildman–Crippen LogP) is 1.25. The molecule has 0 aromatic rings. The molecule has 0 aromatic carbocycles. The summed E-state index contributed by atoms with van der Waals surface area (Å²) in [6, 6.07) is 0.891. The van der Waals surface area contributed by atoms with E-state index in [2.05, 4.69) is 12.2 Å². The van der Waals surface area contributed by atoms with E-state index in [1.54, 1.807) is 21.3 Å². The van der Waals surface area contributed by atoms with E-state index in [9.17, 15) is 0 Å². The molecule has 0 aromatic heterocycles. The maximum absolute atomic E-state index is 5.32. The van der Waals surface area contributed by atoms with Gasteiger partial charge >= 0.3 is 8.80 Å². The highest BCUT2D eigenvalue weighted by molar-refractivity contribution is 6.60. The second kappa shape index (κ2) is 8.37. The van der Waals surface area contributed by atoms with Crippen molar-refractivity contribution in [1.29, 1.82) is 0 Å². The van der Waals surface area contributed by atoms with Gasteiger partial charge < -0.3 is 18.6 Å². The maximum Gasteiger partial charge on any atom is 0.500 e. The van der Waals surface area contributed by atoms with Crippen molar-refractivity contribution in [1.82, 2.24) is 5.32 Å². The molecule has 0 fully saturated rings. The van der Waals surface area contributed by atoms with Crippen LogP contribution in [0.5, 0.6) is 0 Å². The Balaban J connectivity index is 3.61. The summed E-state index contributed by atoms with van der Waals surface area (Å²) in [6.07, 6.45) is 2.22. The molecule has 0 atom stereocenters. The summed E-state index contributed by atoms with van der Waals surface area (Å²) in [5.74, 6) is 0. The lowest BCUT2D eigenvalue weighted by molar-refractivity contribution is 0.123. The maximum atomic E-state index is 5.32. The third-order valence-corrected chi connectivity index (χ3v) is 5.10. The molecular formula is C9H23NO3Si. The van der Waals surface area contributed by atoms with Gasteiger partial charge in [-0.2, -0.15) is 0 Å². The van der Waals surface area contributed by atoms with Gasteiger partial charge in [-0.1, -0.05) is 6.92 Å². The number of hydrogen-bond donors (Lipinski definition) is 1. The molecule has 0 saturated carbocycles. The largest absolute Gasteiger partial charge is 0.500 e. The normalized spacial score (nSPS) is 12.0. The van der Waals surface area contributed by atoms with Crippen LogP contribution in [-0.4, -0.2) is 43.2 Å². The zero-order valence-electron chi connectivity index (χ0n) is 9.76. The SMILES string of the molecule is CCNCCCC[Si](OC)(OC)OC. The Kier molecular flexibility index (Phi) is 8.41. The minimum absolute atomic E-state index is 0.891. The Morgan fingerprint density at radius 2 is 1.57 bits per heavy atom. The van der Waals surface area contributed by atoms with Crippen LogP contribution in [0.3, 0.4) is 0 Å². The van der Waals surface area contributed by atoms with Crippen molar-refractivity contribution in [3.05, 3.63) is 0 Å². The van der Waals surface area contributed by atoms with Gasteiger partial charge in [-0.05, 0) is 25.9 Å². The Bertz CT molecular complexity index is 123. The van der Waals surface area contributed by atoms with Gasteiger partial charge in [0.2, 0.25) is 0 Å². The second-order valence-electron chi connectivity index (χ2n) is 3.11. The topological polar surface area (TPSA) is 39.7 Å². The van der Waals surface area contributed by atoms with Gasteiger partial charge in [-0.25, -0.2) is 0 Å². The average Bonchev–Trinajstić information content (AvgIpc) is 2.24. The van der Waals surface area contributed by atoms with Crippen LogP contribution < -0.4 is 5.32 Å². The van der Waals surface area contributed by atoms with Gasteiger partial charge in [0.05, 0.1) is 0 Å². The van der Waals surface area contributed by atoms with Crippen LogP contribution >= 0.6 is 0 Å². The van der Waals surface area contributed by atoms with Crippen molar-refractivity contribution in [2.24, 2.45) is 0 Å². The van der Waals surface area contributed by atoms with Crippen LogP contribution in [0.1, 0.15) is 19.8 Å². The summed E-state index contributed by atoms with van der Waals surface area (Å²) >= 11 is 0. The molecule has 0 radical (unpaired) electrons. The molecule has 0 amide bonds. The van der Waals surface area contributed by atoms with E-state index >= 15 is 0 Å². The molecule has 14 heavy (non-hydrogen) atoms. The smallest absolute Gasteiger partial charge is 0.377 e. The number of nitrogens with one attached hydrogen (secondary N) is 1. The van der Waals surface area contributed by atoms with E-state index in [1.165, 1.54) is 0 Å². The fourth-order valence-corrected chi connectivity index (χ4v) is 3.12. The molecule has 0 saturated heterocycles. The van der Waals surface area contributed by atoms with E-state index < -0.39 is 8.80 Å². The fraction of sp³-hybridized carbons (Fsp3) is 1.00. The molecule has 0 aliphatic heterocycles. The molecule has 0 aliphatic carbocycles. The fourth-order valence-electron chi connectivity index (χ4n) is 1.32. The first kappa shape index (κ1) is 14.1. The summed E-state index contributed by atoms with van der Waals surface area (Å²) in [5, 5.41) is 3.28. The van der Waals surface area contributed by atoms with Crippen molar-refractivity contribution < 1.29 is 13.3 Å². The molecule has 86 valence electrons. The Hall–Kier alpha value is 0.0569. The number of rotatable bonds is 9. The third-order valence-electron chi connectivity index (χ3n) is 2.27. The van der Waals surface area contributed by atoms with Crippen LogP contribution in [0.2, 0.25) is 6.04 Å². The highest BCUT2D eigenvalue weighted by atomic mass is 28.4. The molecule has 1 N–H and O–H groups in total.